The Morgan fingerprint density at radius 2 is 2.08 bits per heavy atom. The van der Waals surface area contributed by atoms with Gasteiger partial charge in [0.15, 0.2) is 0 Å². The van der Waals surface area contributed by atoms with Crippen LogP contribution in [0, 0.1) is 24.0 Å². The topological polar surface area (TPSA) is 118 Å². The number of anilines is 1. The third kappa shape index (κ3) is 4.80. The number of urea groups is 1. The molecule has 1 heterocycles. The summed E-state index contributed by atoms with van der Waals surface area (Å²) in [7, 11) is 0. The number of rotatable bonds is 6. The minimum atomic E-state index is -0.826. The Morgan fingerprint density at radius 3 is 2.68 bits per heavy atom. The highest BCUT2D eigenvalue weighted by atomic mass is 16.6. The fourth-order valence-corrected chi connectivity index (χ4v) is 2.55. The number of hydrogen-bond donors (Lipinski definition) is 3. The SMILES string of the molecule is Cc1cc(C)c([N+](=O)[O-])cc1NC(=O)N[C@H](C)C[C@H](O)c1ccco1. The van der Waals surface area contributed by atoms with E-state index in [1.165, 1.54) is 12.3 Å². The van der Waals surface area contributed by atoms with E-state index in [9.17, 15) is 20.0 Å². The molecule has 25 heavy (non-hydrogen) atoms. The standard InChI is InChI=1S/C17H21N3O5/c1-10-7-11(2)14(20(23)24)9-13(10)19-17(22)18-12(3)8-15(21)16-5-4-6-25-16/h4-7,9,12,15,21H,8H2,1-3H3,(H2,18,19,22)/t12-,15+/m1/s1. The smallest absolute Gasteiger partial charge is 0.319 e. The van der Waals surface area contributed by atoms with Crippen LogP contribution in [0.5, 0.6) is 0 Å². The molecule has 0 saturated heterocycles. The second-order valence-corrected chi connectivity index (χ2v) is 5.98. The first-order valence-corrected chi connectivity index (χ1v) is 7.82. The average molecular weight is 347 g/mol. The molecule has 8 nitrogen and oxygen atoms in total. The molecule has 2 atom stereocenters. The van der Waals surface area contributed by atoms with Crippen molar-refractivity contribution in [3.05, 3.63) is 57.5 Å². The van der Waals surface area contributed by atoms with Gasteiger partial charge in [-0.2, -0.15) is 0 Å². The molecule has 2 rings (SSSR count). The summed E-state index contributed by atoms with van der Waals surface area (Å²) in [5.74, 6) is 0.430. The second kappa shape index (κ2) is 7.80. The maximum atomic E-state index is 12.1. The number of amides is 2. The Kier molecular flexibility index (Phi) is 5.76. The number of benzene rings is 1. The van der Waals surface area contributed by atoms with Crippen LogP contribution in [-0.4, -0.2) is 22.1 Å². The Hall–Kier alpha value is -2.87. The summed E-state index contributed by atoms with van der Waals surface area (Å²) < 4.78 is 5.12. The quantitative estimate of drug-likeness (QED) is 0.546. The Balaban J connectivity index is 1.98. The number of carbonyl (C=O) groups excluding carboxylic acids is 1. The number of aliphatic hydroxyl groups excluding tert-OH is 1. The van der Waals surface area contributed by atoms with Crippen LogP contribution in [0.25, 0.3) is 0 Å². The van der Waals surface area contributed by atoms with Gasteiger partial charge in [-0.1, -0.05) is 0 Å². The molecule has 134 valence electrons. The molecule has 0 spiro atoms. The van der Waals surface area contributed by atoms with Gasteiger partial charge in [-0.15, -0.1) is 0 Å². The number of nitrogens with one attached hydrogen (secondary N) is 2. The van der Waals surface area contributed by atoms with Crippen molar-refractivity contribution >= 4 is 17.4 Å². The number of aliphatic hydroxyl groups is 1. The van der Waals surface area contributed by atoms with E-state index in [2.05, 4.69) is 10.6 Å². The highest BCUT2D eigenvalue weighted by Gasteiger charge is 2.18. The van der Waals surface area contributed by atoms with Crippen molar-refractivity contribution in [1.29, 1.82) is 0 Å². The summed E-state index contributed by atoms with van der Waals surface area (Å²) in [4.78, 5) is 22.6. The van der Waals surface area contributed by atoms with Crippen molar-refractivity contribution in [2.75, 3.05) is 5.32 Å². The molecule has 0 aliphatic heterocycles. The number of furan rings is 1. The van der Waals surface area contributed by atoms with Crippen molar-refractivity contribution in [1.82, 2.24) is 5.32 Å². The maximum absolute atomic E-state index is 12.1. The van der Waals surface area contributed by atoms with Crippen LogP contribution in [0.4, 0.5) is 16.2 Å². The van der Waals surface area contributed by atoms with Gasteiger partial charge in [-0.25, -0.2) is 4.79 Å². The number of aryl methyl sites for hydroxylation is 2. The molecule has 3 N–H and O–H groups in total. The van der Waals surface area contributed by atoms with E-state index in [1.54, 1.807) is 39.0 Å². The van der Waals surface area contributed by atoms with Gasteiger partial charge in [0, 0.05) is 24.1 Å². The van der Waals surface area contributed by atoms with Gasteiger partial charge in [-0.3, -0.25) is 10.1 Å². The van der Waals surface area contributed by atoms with E-state index in [0.717, 1.165) is 5.56 Å². The molecule has 0 aliphatic rings. The third-order valence-corrected chi connectivity index (χ3v) is 3.81. The normalized spacial score (nSPS) is 13.1. The highest BCUT2D eigenvalue weighted by Crippen LogP contribution is 2.26. The fraction of sp³-hybridized carbons (Fsp3) is 0.353. The largest absolute Gasteiger partial charge is 0.467 e. The van der Waals surface area contributed by atoms with Crippen molar-refractivity contribution < 1.29 is 19.2 Å². The molecule has 0 fully saturated rings. The minimum absolute atomic E-state index is 0.0535. The Labute approximate surface area is 145 Å². The molecule has 1 aromatic heterocycles. The lowest BCUT2D eigenvalue weighted by atomic mass is 10.1. The van der Waals surface area contributed by atoms with Gasteiger partial charge in [-0.05, 0) is 44.5 Å². The lowest BCUT2D eigenvalue weighted by Gasteiger charge is -2.18. The third-order valence-electron chi connectivity index (χ3n) is 3.81. The van der Waals surface area contributed by atoms with E-state index in [1.807, 2.05) is 0 Å². The maximum Gasteiger partial charge on any atom is 0.319 e. The molecule has 8 heteroatoms. The predicted molar refractivity (Wildman–Crippen MR) is 92.5 cm³/mol. The van der Waals surface area contributed by atoms with E-state index in [0.29, 0.717) is 17.0 Å². The molecule has 1 aromatic carbocycles. The van der Waals surface area contributed by atoms with Crippen LogP contribution in [-0.2, 0) is 0 Å². The molecule has 2 aromatic rings. The molecule has 0 bridgehead atoms. The van der Waals surface area contributed by atoms with Crippen molar-refractivity contribution in [3.8, 4) is 0 Å². The Morgan fingerprint density at radius 1 is 1.36 bits per heavy atom. The molecule has 0 unspecified atom stereocenters. The van der Waals surface area contributed by atoms with E-state index in [-0.39, 0.29) is 18.2 Å². The first-order valence-electron chi connectivity index (χ1n) is 7.82. The van der Waals surface area contributed by atoms with Crippen LogP contribution in [0.15, 0.2) is 34.9 Å². The zero-order valence-corrected chi connectivity index (χ0v) is 14.3. The molecular weight excluding hydrogens is 326 g/mol. The monoisotopic (exact) mass is 347 g/mol. The highest BCUT2D eigenvalue weighted by molar-refractivity contribution is 5.90. The van der Waals surface area contributed by atoms with Crippen LogP contribution in [0.2, 0.25) is 0 Å². The zero-order chi connectivity index (χ0) is 18.6. The predicted octanol–water partition coefficient (Wildman–Crippen LogP) is 3.44. The summed E-state index contributed by atoms with van der Waals surface area (Å²) in [6.45, 7) is 5.15. The van der Waals surface area contributed by atoms with E-state index >= 15 is 0 Å². The lowest BCUT2D eigenvalue weighted by molar-refractivity contribution is -0.385. The summed E-state index contributed by atoms with van der Waals surface area (Å²) in [6.07, 6.45) is 0.914. The number of nitrogens with zero attached hydrogens (tertiary/aromatic N) is 1. The number of hydrogen-bond acceptors (Lipinski definition) is 5. The molecule has 2 amide bonds. The van der Waals surface area contributed by atoms with Gasteiger partial charge in [0.1, 0.15) is 11.9 Å². The molecule has 0 radical (unpaired) electrons. The molecule has 0 saturated carbocycles. The van der Waals surface area contributed by atoms with Crippen LogP contribution in [0.3, 0.4) is 0 Å². The summed E-state index contributed by atoms with van der Waals surface area (Å²) in [5.41, 5.74) is 1.57. The van der Waals surface area contributed by atoms with Crippen LogP contribution >= 0.6 is 0 Å². The zero-order valence-electron chi connectivity index (χ0n) is 14.3. The number of nitro groups is 1. The lowest BCUT2D eigenvalue weighted by Crippen LogP contribution is -2.37. The van der Waals surface area contributed by atoms with Crippen molar-refractivity contribution in [3.63, 3.8) is 0 Å². The molecule has 0 aliphatic carbocycles. The van der Waals surface area contributed by atoms with E-state index in [4.69, 9.17) is 4.42 Å². The average Bonchev–Trinajstić information content (AvgIpc) is 3.03. The number of carbonyl (C=O) groups is 1. The first-order chi connectivity index (χ1) is 11.8. The van der Waals surface area contributed by atoms with Crippen LogP contribution in [0.1, 0.15) is 36.3 Å². The number of nitro benzene ring substituents is 1. The van der Waals surface area contributed by atoms with Crippen molar-refractivity contribution in [2.24, 2.45) is 0 Å². The van der Waals surface area contributed by atoms with Gasteiger partial charge >= 0.3 is 6.03 Å². The summed E-state index contributed by atoms with van der Waals surface area (Å²) >= 11 is 0. The van der Waals surface area contributed by atoms with Crippen LogP contribution < -0.4 is 10.6 Å². The molecular formula is C17H21N3O5. The van der Waals surface area contributed by atoms with E-state index < -0.39 is 17.1 Å². The van der Waals surface area contributed by atoms with Gasteiger partial charge < -0.3 is 20.2 Å². The Bertz CT molecular complexity index is 758. The fourth-order valence-electron chi connectivity index (χ4n) is 2.55. The van der Waals surface area contributed by atoms with Gasteiger partial charge in [0.2, 0.25) is 0 Å². The summed E-state index contributed by atoms with van der Waals surface area (Å²) in [5, 5.41) is 26.3. The minimum Gasteiger partial charge on any atom is -0.467 e. The second-order valence-electron chi connectivity index (χ2n) is 5.98. The van der Waals surface area contributed by atoms with Gasteiger partial charge in [0.05, 0.1) is 16.9 Å². The summed E-state index contributed by atoms with van der Waals surface area (Å²) in [6, 6.07) is 5.49. The first kappa shape index (κ1) is 18.5. The van der Waals surface area contributed by atoms with Gasteiger partial charge in [0.25, 0.3) is 5.69 Å². The van der Waals surface area contributed by atoms with Crippen molar-refractivity contribution in [2.45, 2.75) is 39.3 Å².